The van der Waals surface area contributed by atoms with Crippen molar-refractivity contribution in [2.45, 2.75) is 6.54 Å². The summed E-state index contributed by atoms with van der Waals surface area (Å²) < 4.78 is 1.97. The van der Waals surface area contributed by atoms with Gasteiger partial charge in [0.25, 0.3) is 5.69 Å². The first-order valence-corrected chi connectivity index (χ1v) is 6.24. The lowest BCUT2D eigenvalue weighted by Crippen LogP contribution is -2.37. The molecule has 0 radical (unpaired) electrons. The van der Waals surface area contributed by atoms with Gasteiger partial charge in [-0.1, -0.05) is 42.5 Å². The maximum atomic E-state index is 9.14. The van der Waals surface area contributed by atoms with Gasteiger partial charge in [-0.05, 0) is 16.8 Å². The molecule has 90 valence electrons. The molecule has 0 unspecified atom stereocenters. The lowest BCUT2D eigenvalue weighted by Gasteiger charge is -2.04. The fourth-order valence-electron chi connectivity index (χ4n) is 2.33. The standard InChI is InChI=1S/C17H13N2/c18-12-16-9-3-4-11-19(16)13-15-8-5-7-14-6-1-2-10-17(14)15/h1-11H,13H2/q+1. The van der Waals surface area contributed by atoms with Crippen LogP contribution in [-0.4, -0.2) is 0 Å². The molecule has 0 amide bonds. The number of hydrogen-bond donors (Lipinski definition) is 0. The molecule has 0 spiro atoms. The van der Waals surface area contributed by atoms with Crippen molar-refractivity contribution >= 4 is 10.8 Å². The third kappa shape index (κ3) is 2.19. The molecule has 0 aliphatic heterocycles. The first-order chi connectivity index (χ1) is 9.38. The summed E-state index contributed by atoms with van der Waals surface area (Å²) in [4.78, 5) is 0. The van der Waals surface area contributed by atoms with Gasteiger partial charge in [0.15, 0.2) is 18.8 Å². The molecule has 0 saturated heterocycles. The van der Waals surface area contributed by atoms with Gasteiger partial charge in [-0.3, -0.25) is 0 Å². The Bertz CT molecular complexity index is 764. The fraction of sp³-hybridized carbons (Fsp3) is 0.0588. The second-order valence-electron chi connectivity index (χ2n) is 4.46. The summed E-state index contributed by atoms with van der Waals surface area (Å²) in [5.41, 5.74) is 1.90. The molecule has 0 saturated carbocycles. The van der Waals surface area contributed by atoms with Crippen LogP contribution in [0.15, 0.2) is 66.9 Å². The van der Waals surface area contributed by atoms with Crippen LogP contribution in [0.3, 0.4) is 0 Å². The minimum Gasteiger partial charge on any atom is -0.186 e. The van der Waals surface area contributed by atoms with E-state index >= 15 is 0 Å². The van der Waals surface area contributed by atoms with E-state index in [1.54, 1.807) is 0 Å². The van der Waals surface area contributed by atoms with Gasteiger partial charge in [0.1, 0.15) is 0 Å². The van der Waals surface area contributed by atoms with Crippen LogP contribution in [0.25, 0.3) is 10.8 Å². The van der Waals surface area contributed by atoms with E-state index in [4.69, 9.17) is 5.26 Å². The van der Waals surface area contributed by atoms with Crippen LogP contribution in [0.5, 0.6) is 0 Å². The normalized spacial score (nSPS) is 10.3. The number of benzene rings is 2. The van der Waals surface area contributed by atoms with Gasteiger partial charge in [-0.25, -0.2) is 0 Å². The molecule has 0 bridgehead atoms. The summed E-state index contributed by atoms with van der Waals surface area (Å²) in [7, 11) is 0. The summed E-state index contributed by atoms with van der Waals surface area (Å²) in [5, 5.41) is 11.6. The largest absolute Gasteiger partial charge is 0.283 e. The van der Waals surface area contributed by atoms with Crippen molar-refractivity contribution in [3.8, 4) is 6.07 Å². The van der Waals surface area contributed by atoms with Crippen molar-refractivity contribution < 1.29 is 4.57 Å². The molecule has 0 aliphatic rings. The van der Waals surface area contributed by atoms with E-state index in [9.17, 15) is 0 Å². The molecule has 19 heavy (non-hydrogen) atoms. The highest BCUT2D eigenvalue weighted by atomic mass is 14.9. The Morgan fingerprint density at radius 2 is 1.68 bits per heavy atom. The molecule has 2 heteroatoms. The smallest absolute Gasteiger partial charge is 0.186 e. The summed E-state index contributed by atoms with van der Waals surface area (Å²) in [6, 6.07) is 22.5. The van der Waals surface area contributed by atoms with E-state index in [1.807, 2.05) is 41.1 Å². The molecule has 0 aliphatic carbocycles. The zero-order valence-electron chi connectivity index (χ0n) is 10.5. The molecule has 0 atom stereocenters. The molecular weight excluding hydrogens is 232 g/mol. The van der Waals surface area contributed by atoms with Gasteiger partial charge < -0.3 is 0 Å². The van der Waals surface area contributed by atoms with E-state index in [1.165, 1.54) is 16.3 Å². The van der Waals surface area contributed by atoms with E-state index in [-0.39, 0.29) is 0 Å². The molecule has 3 aromatic rings. The Labute approximate surface area is 112 Å². The summed E-state index contributed by atoms with van der Waals surface area (Å²) in [5.74, 6) is 0. The van der Waals surface area contributed by atoms with Crippen molar-refractivity contribution in [1.29, 1.82) is 5.26 Å². The minimum absolute atomic E-state index is 0.676. The predicted octanol–water partition coefficient (Wildman–Crippen LogP) is 3.05. The van der Waals surface area contributed by atoms with E-state index in [0.29, 0.717) is 12.2 Å². The predicted molar refractivity (Wildman–Crippen MR) is 74.4 cm³/mol. The number of pyridine rings is 1. The van der Waals surface area contributed by atoms with Crippen molar-refractivity contribution in [2.24, 2.45) is 0 Å². The van der Waals surface area contributed by atoms with Crippen LogP contribution < -0.4 is 4.57 Å². The maximum Gasteiger partial charge on any atom is 0.283 e. The Morgan fingerprint density at radius 1 is 0.895 bits per heavy atom. The zero-order valence-corrected chi connectivity index (χ0v) is 10.5. The Balaban J connectivity index is 2.09. The third-order valence-electron chi connectivity index (χ3n) is 3.28. The van der Waals surface area contributed by atoms with Crippen molar-refractivity contribution in [2.75, 3.05) is 0 Å². The quantitative estimate of drug-likeness (QED) is 0.638. The summed E-state index contributed by atoms with van der Waals surface area (Å²) in [6.45, 7) is 0.713. The Kier molecular flexibility index (Phi) is 2.96. The monoisotopic (exact) mass is 245 g/mol. The molecule has 0 N–H and O–H groups in total. The first kappa shape index (κ1) is 11.4. The molecule has 3 rings (SSSR count). The summed E-state index contributed by atoms with van der Waals surface area (Å²) in [6.07, 6.45) is 1.94. The maximum absolute atomic E-state index is 9.14. The molecular formula is C17H13N2+. The first-order valence-electron chi connectivity index (χ1n) is 6.24. The van der Waals surface area contributed by atoms with Crippen LogP contribution in [0, 0.1) is 11.3 Å². The Hall–Kier alpha value is -2.66. The molecule has 2 aromatic carbocycles. The van der Waals surface area contributed by atoms with E-state index < -0.39 is 0 Å². The summed E-state index contributed by atoms with van der Waals surface area (Å²) >= 11 is 0. The number of aromatic nitrogens is 1. The van der Waals surface area contributed by atoms with Gasteiger partial charge >= 0.3 is 0 Å². The van der Waals surface area contributed by atoms with Crippen LogP contribution in [0.4, 0.5) is 0 Å². The number of nitrogens with zero attached hydrogens (tertiary/aromatic N) is 2. The van der Waals surface area contributed by atoms with Gasteiger partial charge in [0.05, 0.1) is 0 Å². The highest BCUT2D eigenvalue weighted by Gasteiger charge is 2.11. The van der Waals surface area contributed by atoms with Crippen LogP contribution in [-0.2, 0) is 6.54 Å². The van der Waals surface area contributed by atoms with Gasteiger partial charge in [0, 0.05) is 17.7 Å². The lowest BCUT2D eigenvalue weighted by molar-refractivity contribution is -0.690. The van der Waals surface area contributed by atoms with Crippen LogP contribution in [0.1, 0.15) is 11.3 Å². The van der Waals surface area contributed by atoms with E-state index in [0.717, 1.165) is 0 Å². The number of fused-ring (bicyclic) bond motifs is 1. The zero-order chi connectivity index (χ0) is 13.1. The average molecular weight is 245 g/mol. The second kappa shape index (κ2) is 4.91. The lowest BCUT2D eigenvalue weighted by atomic mass is 10.0. The minimum atomic E-state index is 0.676. The third-order valence-corrected chi connectivity index (χ3v) is 3.28. The van der Waals surface area contributed by atoms with E-state index in [2.05, 4.69) is 36.4 Å². The van der Waals surface area contributed by atoms with Gasteiger partial charge in [-0.15, -0.1) is 0 Å². The second-order valence-corrected chi connectivity index (χ2v) is 4.46. The number of nitriles is 1. The molecule has 2 nitrogen and oxygen atoms in total. The van der Waals surface area contributed by atoms with Crippen LogP contribution in [0.2, 0.25) is 0 Å². The highest BCUT2D eigenvalue weighted by Crippen LogP contribution is 2.18. The number of rotatable bonds is 2. The van der Waals surface area contributed by atoms with Crippen molar-refractivity contribution in [3.05, 3.63) is 78.1 Å². The molecule has 1 aromatic heterocycles. The highest BCUT2D eigenvalue weighted by molar-refractivity contribution is 5.85. The SMILES string of the molecule is N#Cc1cccc[n+]1Cc1cccc2ccccc12. The fourth-order valence-corrected chi connectivity index (χ4v) is 2.33. The molecule has 0 fully saturated rings. The average Bonchev–Trinajstić information content (AvgIpc) is 2.48. The van der Waals surface area contributed by atoms with Gasteiger partial charge in [0.2, 0.25) is 0 Å². The Morgan fingerprint density at radius 3 is 2.58 bits per heavy atom. The topological polar surface area (TPSA) is 27.7 Å². The van der Waals surface area contributed by atoms with Crippen molar-refractivity contribution in [3.63, 3.8) is 0 Å². The molecule has 1 heterocycles. The van der Waals surface area contributed by atoms with Gasteiger partial charge in [-0.2, -0.15) is 9.83 Å². The van der Waals surface area contributed by atoms with Crippen LogP contribution >= 0.6 is 0 Å². The van der Waals surface area contributed by atoms with Crippen molar-refractivity contribution in [1.82, 2.24) is 0 Å². The number of hydrogen-bond acceptors (Lipinski definition) is 1.